The second-order valence-corrected chi connectivity index (χ2v) is 6.22. The Morgan fingerprint density at radius 3 is 2.59 bits per heavy atom. The third kappa shape index (κ3) is 2.78. The largest absolute Gasteiger partial charge is 0.452 e. The van der Waals surface area contributed by atoms with E-state index in [1.54, 1.807) is 0 Å². The number of aryl methyl sites for hydroxylation is 1. The summed E-state index contributed by atoms with van der Waals surface area (Å²) >= 11 is 0. The summed E-state index contributed by atoms with van der Waals surface area (Å²) in [5, 5.41) is 0. The van der Waals surface area contributed by atoms with Gasteiger partial charge in [0.1, 0.15) is 0 Å². The standard InChI is InChI=1S/C20H22O2/c1-4-14(3)16-9-10-17-12-19(21)22-20(18(17)11-16)15-7-5-13(2)6-8-15/h5-11,14,20H,4,12H2,1-3H3. The van der Waals surface area contributed by atoms with E-state index in [4.69, 9.17) is 4.74 Å². The van der Waals surface area contributed by atoms with Gasteiger partial charge in [0, 0.05) is 5.56 Å². The van der Waals surface area contributed by atoms with Crippen LogP contribution in [0.4, 0.5) is 0 Å². The zero-order chi connectivity index (χ0) is 15.7. The van der Waals surface area contributed by atoms with Gasteiger partial charge in [-0.1, -0.05) is 61.9 Å². The summed E-state index contributed by atoms with van der Waals surface area (Å²) in [4.78, 5) is 11.9. The highest BCUT2D eigenvalue weighted by Gasteiger charge is 2.28. The summed E-state index contributed by atoms with van der Waals surface area (Å²) in [5.41, 5.74) is 5.80. The third-order valence-corrected chi connectivity index (χ3v) is 4.60. The molecule has 22 heavy (non-hydrogen) atoms. The fraction of sp³-hybridized carbons (Fsp3) is 0.350. The Bertz CT molecular complexity index is 685. The first kappa shape index (κ1) is 14.8. The molecule has 2 aromatic carbocycles. The predicted octanol–water partition coefficient (Wildman–Crippen LogP) is 4.70. The first-order chi connectivity index (χ1) is 10.6. The number of ether oxygens (including phenoxy) is 1. The average molecular weight is 294 g/mol. The molecule has 0 fully saturated rings. The second kappa shape index (κ2) is 5.96. The summed E-state index contributed by atoms with van der Waals surface area (Å²) < 4.78 is 5.67. The van der Waals surface area contributed by atoms with E-state index in [-0.39, 0.29) is 12.1 Å². The Morgan fingerprint density at radius 1 is 1.18 bits per heavy atom. The quantitative estimate of drug-likeness (QED) is 0.767. The lowest BCUT2D eigenvalue weighted by Gasteiger charge is -2.27. The molecule has 2 nitrogen and oxygen atoms in total. The van der Waals surface area contributed by atoms with Crippen LogP contribution in [0.25, 0.3) is 0 Å². The van der Waals surface area contributed by atoms with Crippen LogP contribution in [-0.4, -0.2) is 5.97 Å². The number of carbonyl (C=O) groups excluding carboxylic acids is 1. The molecule has 0 amide bonds. The Labute approximate surface area is 132 Å². The molecule has 1 aliphatic heterocycles. The number of rotatable bonds is 3. The third-order valence-electron chi connectivity index (χ3n) is 4.60. The Morgan fingerprint density at radius 2 is 1.91 bits per heavy atom. The zero-order valence-electron chi connectivity index (χ0n) is 13.4. The molecule has 0 saturated carbocycles. The highest BCUT2D eigenvalue weighted by molar-refractivity contribution is 5.76. The first-order valence-corrected chi connectivity index (χ1v) is 7.97. The predicted molar refractivity (Wildman–Crippen MR) is 88.0 cm³/mol. The fourth-order valence-corrected chi connectivity index (χ4v) is 2.94. The van der Waals surface area contributed by atoms with Crippen molar-refractivity contribution in [3.05, 3.63) is 70.3 Å². The van der Waals surface area contributed by atoms with Gasteiger partial charge in [0.15, 0.2) is 6.10 Å². The molecule has 1 heterocycles. The van der Waals surface area contributed by atoms with Crippen molar-refractivity contribution in [2.45, 2.75) is 45.6 Å². The van der Waals surface area contributed by atoms with E-state index in [1.807, 2.05) is 0 Å². The highest BCUT2D eigenvalue weighted by Crippen LogP contribution is 2.35. The van der Waals surface area contributed by atoms with Crippen molar-refractivity contribution in [2.75, 3.05) is 0 Å². The van der Waals surface area contributed by atoms with Gasteiger partial charge in [-0.15, -0.1) is 0 Å². The molecule has 114 valence electrons. The molecule has 0 saturated heterocycles. The van der Waals surface area contributed by atoms with E-state index < -0.39 is 0 Å². The second-order valence-electron chi connectivity index (χ2n) is 6.22. The minimum absolute atomic E-state index is 0.144. The number of esters is 1. The smallest absolute Gasteiger partial charge is 0.311 e. The molecule has 0 aliphatic carbocycles. The van der Waals surface area contributed by atoms with Crippen LogP contribution in [0, 0.1) is 6.92 Å². The molecule has 2 heteroatoms. The topological polar surface area (TPSA) is 26.3 Å². The van der Waals surface area contributed by atoms with E-state index in [2.05, 4.69) is 63.2 Å². The molecule has 1 aliphatic rings. The van der Waals surface area contributed by atoms with E-state index >= 15 is 0 Å². The van der Waals surface area contributed by atoms with Crippen LogP contribution in [0.15, 0.2) is 42.5 Å². The monoisotopic (exact) mass is 294 g/mol. The molecule has 2 aromatic rings. The van der Waals surface area contributed by atoms with Crippen molar-refractivity contribution < 1.29 is 9.53 Å². The summed E-state index contributed by atoms with van der Waals surface area (Å²) in [6.07, 6.45) is 1.20. The molecule has 0 radical (unpaired) electrons. The summed E-state index contributed by atoms with van der Waals surface area (Å²) in [7, 11) is 0. The number of hydrogen-bond acceptors (Lipinski definition) is 2. The van der Waals surface area contributed by atoms with Gasteiger partial charge in [-0.3, -0.25) is 4.79 Å². The van der Waals surface area contributed by atoms with Gasteiger partial charge < -0.3 is 4.74 Å². The summed E-state index contributed by atoms with van der Waals surface area (Å²) in [5.74, 6) is 0.371. The van der Waals surface area contributed by atoms with Crippen LogP contribution in [0.3, 0.4) is 0 Å². The van der Waals surface area contributed by atoms with Crippen molar-refractivity contribution >= 4 is 5.97 Å². The van der Waals surface area contributed by atoms with Crippen LogP contribution < -0.4 is 0 Å². The van der Waals surface area contributed by atoms with E-state index in [9.17, 15) is 4.79 Å². The fourth-order valence-electron chi connectivity index (χ4n) is 2.94. The van der Waals surface area contributed by atoms with Crippen molar-refractivity contribution in [1.82, 2.24) is 0 Å². The lowest BCUT2D eigenvalue weighted by molar-refractivity contribution is -0.148. The van der Waals surface area contributed by atoms with E-state index in [1.165, 1.54) is 11.1 Å². The van der Waals surface area contributed by atoms with Crippen LogP contribution in [0.1, 0.15) is 60.1 Å². The van der Waals surface area contributed by atoms with Crippen LogP contribution in [-0.2, 0) is 16.0 Å². The van der Waals surface area contributed by atoms with Crippen molar-refractivity contribution in [3.63, 3.8) is 0 Å². The molecule has 0 N–H and O–H groups in total. The van der Waals surface area contributed by atoms with Crippen LogP contribution in [0.5, 0.6) is 0 Å². The SMILES string of the molecule is CCC(C)c1ccc2c(c1)C(c1ccc(C)cc1)OC(=O)C2. The molecular formula is C20H22O2. The molecule has 2 unspecified atom stereocenters. The maximum Gasteiger partial charge on any atom is 0.311 e. The minimum atomic E-state index is -0.277. The molecular weight excluding hydrogens is 272 g/mol. The van der Waals surface area contributed by atoms with Gasteiger partial charge in [-0.2, -0.15) is 0 Å². The van der Waals surface area contributed by atoms with Gasteiger partial charge in [0.2, 0.25) is 0 Å². The van der Waals surface area contributed by atoms with Crippen LogP contribution in [0.2, 0.25) is 0 Å². The Hall–Kier alpha value is -2.09. The Balaban J connectivity index is 2.06. The Kier molecular flexibility index (Phi) is 4.02. The zero-order valence-corrected chi connectivity index (χ0v) is 13.4. The van der Waals surface area contributed by atoms with Crippen molar-refractivity contribution in [1.29, 1.82) is 0 Å². The number of hydrogen-bond donors (Lipinski definition) is 0. The maximum atomic E-state index is 11.9. The van der Waals surface area contributed by atoms with Crippen molar-refractivity contribution in [2.24, 2.45) is 0 Å². The first-order valence-electron chi connectivity index (χ1n) is 7.97. The van der Waals surface area contributed by atoms with Crippen LogP contribution >= 0.6 is 0 Å². The average Bonchev–Trinajstić information content (AvgIpc) is 2.53. The van der Waals surface area contributed by atoms with Gasteiger partial charge in [0.25, 0.3) is 0 Å². The highest BCUT2D eigenvalue weighted by atomic mass is 16.5. The summed E-state index contributed by atoms with van der Waals surface area (Å²) in [6.45, 7) is 6.49. The van der Waals surface area contributed by atoms with Crippen molar-refractivity contribution in [3.8, 4) is 0 Å². The molecule has 0 bridgehead atoms. The lowest BCUT2D eigenvalue weighted by Crippen LogP contribution is -2.22. The van der Waals surface area contributed by atoms with Gasteiger partial charge >= 0.3 is 5.97 Å². The normalized spacial score (nSPS) is 18.5. The maximum absolute atomic E-state index is 11.9. The van der Waals surface area contributed by atoms with E-state index in [0.29, 0.717) is 12.3 Å². The number of cyclic esters (lactones) is 1. The summed E-state index contributed by atoms with van der Waals surface area (Å²) in [6, 6.07) is 14.7. The number of carbonyl (C=O) groups is 1. The minimum Gasteiger partial charge on any atom is -0.452 e. The number of benzene rings is 2. The number of fused-ring (bicyclic) bond motifs is 1. The van der Waals surface area contributed by atoms with Gasteiger partial charge in [0.05, 0.1) is 6.42 Å². The molecule has 3 rings (SSSR count). The molecule has 2 atom stereocenters. The molecule has 0 spiro atoms. The molecule has 0 aromatic heterocycles. The van der Waals surface area contributed by atoms with Gasteiger partial charge in [-0.25, -0.2) is 0 Å². The van der Waals surface area contributed by atoms with E-state index in [0.717, 1.165) is 23.1 Å². The van der Waals surface area contributed by atoms with Gasteiger partial charge in [-0.05, 0) is 36.0 Å². The lowest BCUT2D eigenvalue weighted by atomic mass is 9.88.